The minimum atomic E-state index is 0.961. The molecule has 0 N–H and O–H groups in total. The van der Waals surface area contributed by atoms with Crippen molar-refractivity contribution in [1.82, 2.24) is 0 Å². The van der Waals surface area contributed by atoms with Gasteiger partial charge in [0.05, 0.1) is 0 Å². The molecule has 0 aliphatic heterocycles. The van der Waals surface area contributed by atoms with Crippen LogP contribution in [0.4, 0.5) is 0 Å². The van der Waals surface area contributed by atoms with Gasteiger partial charge in [0.2, 0.25) is 0 Å². The van der Waals surface area contributed by atoms with Crippen LogP contribution in [0.2, 0.25) is 0 Å². The molecule has 0 atom stereocenters. The molecule has 86 valence electrons. The maximum absolute atomic E-state index is 5.83. The third kappa shape index (κ3) is 1.34. The van der Waals surface area contributed by atoms with Crippen molar-refractivity contribution in [3.63, 3.8) is 0 Å². The normalized spacial score (nSPS) is 14.6. The van der Waals surface area contributed by atoms with E-state index >= 15 is 0 Å². The van der Waals surface area contributed by atoms with Crippen LogP contribution in [0.5, 0.6) is 0 Å². The summed E-state index contributed by atoms with van der Waals surface area (Å²) < 4.78 is 5.83. The summed E-state index contributed by atoms with van der Waals surface area (Å²) in [5.41, 5.74) is 4.59. The Morgan fingerprint density at radius 3 is 2.67 bits per heavy atom. The first kappa shape index (κ1) is 9.72. The number of allylic oxidation sites excluding steroid dienone is 4. The van der Waals surface area contributed by atoms with E-state index in [0.29, 0.717) is 0 Å². The van der Waals surface area contributed by atoms with Crippen LogP contribution in [-0.2, 0) is 0 Å². The van der Waals surface area contributed by atoms with Crippen molar-refractivity contribution in [2.24, 2.45) is 0 Å². The molecule has 0 radical (unpaired) electrons. The molecule has 1 aromatic heterocycles. The van der Waals surface area contributed by atoms with Crippen molar-refractivity contribution in [1.29, 1.82) is 0 Å². The molecule has 0 spiro atoms. The lowest BCUT2D eigenvalue weighted by Gasteiger charge is -2.01. The summed E-state index contributed by atoms with van der Waals surface area (Å²) in [5.74, 6) is 0. The van der Waals surface area contributed by atoms with Crippen LogP contribution in [0.1, 0.15) is 12.0 Å². The lowest BCUT2D eigenvalue weighted by Crippen LogP contribution is -1.80. The van der Waals surface area contributed by atoms with Crippen LogP contribution in [0.25, 0.3) is 27.5 Å². The van der Waals surface area contributed by atoms with E-state index in [1.165, 1.54) is 21.9 Å². The Morgan fingerprint density at radius 1 is 0.889 bits per heavy atom. The third-order valence-corrected chi connectivity index (χ3v) is 3.52. The van der Waals surface area contributed by atoms with E-state index in [1.54, 1.807) is 0 Å². The van der Waals surface area contributed by atoms with Crippen LogP contribution in [-0.4, -0.2) is 0 Å². The molecule has 4 rings (SSSR count). The van der Waals surface area contributed by atoms with E-state index in [1.807, 2.05) is 12.1 Å². The molecular weight excluding hydrogens is 220 g/mol. The first-order valence-electron chi connectivity index (χ1n) is 6.19. The van der Waals surface area contributed by atoms with Crippen LogP contribution >= 0.6 is 0 Å². The molecule has 3 aromatic rings. The molecule has 0 saturated heterocycles. The average molecular weight is 232 g/mol. The van der Waals surface area contributed by atoms with Crippen LogP contribution in [0.15, 0.2) is 65.1 Å². The zero-order valence-electron chi connectivity index (χ0n) is 9.89. The SMILES string of the molecule is C1=CCC(c2ccc3oc4ccccc4c3c2)=C1. The highest BCUT2D eigenvalue weighted by atomic mass is 16.3. The minimum absolute atomic E-state index is 0.961. The number of rotatable bonds is 1. The molecule has 1 aliphatic rings. The van der Waals surface area contributed by atoms with E-state index < -0.39 is 0 Å². The lowest BCUT2D eigenvalue weighted by molar-refractivity contribution is 0.669. The smallest absolute Gasteiger partial charge is 0.135 e. The molecule has 0 fully saturated rings. The van der Waals surface area contributed by atoms with Gasteiger partial charge < -0.3 is 4.42 Å². The van der Waals surface area contributed by atoms with E-state index in [4.69, 9.17) is 4.42 Å². The summed E-state index contributed by atoms with van der Waals surface area (Å²) in [5, 5.41) is 2.40. The van der Waals surface area contributed by atoms with Gasteiger partial charge in [-0.2, -0.15) is 0 Å². The molecule has 1 nitrogen and oxygen atoms in total. The predicted molar refractivity (Wildman–Crippen MR) is 75.5 cm³/mol. The summed E-state index contributed by atoms with van der Waals surface area (Å²) in [6.45, 7) is 0. The van der Waals surface area contributed by atoms with Crippen molar-refractivity contribution in [3.05, 3.63) is 66.3 Å². The number of para-hydroxylation sites is 1. The van der Waals surface area contributed by atoms with Crippen molar-refractivity contribution in [2.75, 3.05) is 0 Å². The Bertz CT molecular complexity index is 803. The Morgan fingerprint density at radius 2 is 1.78 bits per heavy atom. The Labute approximate surface area is 105 Å². The first-order chi connectivity index (χ1) is 8.92. The van der Waals surface area contributed by atoms with E-state index in [2.05, 4.69) is 48.6 Å². The van der Waals surface area contributed by atoms with Crippen molar-refractivity contribution >= 4 is 27.5 Å². The van der Waals surface area contributed by atoms with Crippen molar-refractivity contribution < 1.29 is 4.42 Å². The molecule has 1 aliphatic carbocycles. The van der Waals surface area contributed by atoms with Gasteiger partial charge >= 0.3 is 0 Å². The number of hydrogen-bond acceptors (Lipinski definition) is 1. The standard InChI is InChI=1S/C17H12O/c1-2-6-12(5-1)13-9-10-17-15(11-13)14-7-3-4-8-16(14)18-17/h1-5,7-11H,6H2. The fourth-order valence-corrected chi connectivity index (χ4v) is 2.59. The average Bonchev–Trinajstić information content (AvgIpc) is 3.05. The second-order valence-electron chi connectivity index (χ2n) is 4.63. The molecule has 1 heterocycles. The van der Waals surface area contributed by atoms with Gasteiger partial charge in [0, 0.05) is 10.8 Å². The lowest BCUT2D eigenvalue weighted by atomic mass is 10.0. The van der Waals surface area contributed by atoms with Gasteiger partial charge in [-0.05, 0) is 35.8 Å². The van der Waals surface area contributed by atoms with Gasteiger partial charge in [-0.15, -0.1) is 0 Å². The fourth-order valence-electron chi connectivity index (χ4n) is 2.59. The van der Waals surface area contributed by atoms with Gasteiger partial charge in [0.25, 0.3) is 0 Å². The highest BCUT2D eigenvalue weighted by molar-refractivity contribution is 6.05. The molecule has 2 aromatic carbocycles. The van der Waals surface area contributed by atoms with Crippen molar-refractivity contribution in [2.45, 2.75) is 6.42 Å². The molecule has 0 amide bonds. The van der Waals surface area contributed by atoms with Crippen molar-refractivity contribution in [3.8, 4) is 0 Å². The summed E-state index contributed by atoms with van der Waals surface area (Å²) in [7, 11) is 0. The van der Waals surface area contributed by atoms with Gasteiger partial charge in [-0.25, -0.2) is 0 Å². The predicted octanol–water partition coefficient (Wildman–Crippen LogP) is 4.93. The van der Waals surface area contributed by atoms with Crippen LogP contribution in [0.3, 0.4) is 0 Å². The number of benzene rings is 2. The molecule has 1 heteroatoms. The Kier molecular flexibility index (Phi) is 1.95. The van der Waals surface area contributed by atoms with Gasteiger partial charge in [0.1, 0.15) is 11.2 Å². The molecule has 0 unspecified atom stereocenters. The largest absolute Gasteiger partial charge is 0.456 e. The van der Waals surface area contributed by atoms with E-state index in [9.17, 15) is 0 Å². The summed E-state index contributed by atoms with van der Waals surface area (Å²) in [6, 6.07) is 14.7. The van der Waals surface area contributed by atoms with Gasteiger partial charge in [-0.3, -0.25) is 0 Å². The highest BCUT2D eigenvalue weighted by Crippen LogP contribution is 2.32. The first-order valence-corrected chi connectivity index (χ1v) is 6.19. The minimum Gasteiger partial charge on any atom is -0.456 e. The molecule has 0 bridgehead atoms. The molecule has 0 saturated carbocycles. The summed E-state index contributed by atoms with van der Waals surface area (Å²) in [6.07, 6.45) is 7.52. The zero-order chi connectivity index (χ0) is 11.9. The van der Waals surface area contributed by atoms with Gasteiger partial charge in [0.15, 0.2) is 0 Å². The summed E-state index contributed by atoms with van der Waals surface area (Å²) in [4.78, 5) is 0. The zero-order valence-corrected chi connectivity index (χ0v) is 9.89. The third-order valence-electron chi connectivity index (χ3n) is 3.52. The van der Waals surface area contributed by atoms with Crippen LogP contribution in [0, 0.1) is 0 Å². The topological polar surface area (TPSA) is 13.1 Å². The molecular formula is C17H12O. The van der Waals surface area contributed by atoms with Gasteiger partial charge in [-0.1, -0.05) is 42.5 Å². The van der Waals surface area contributed by atoms with Crippen LogP contribution < -0.4 is 0 Å². The quantitative estimate of drug-likeness (QED) is 0.579. The second-order valence-corrected chi connectivity index (χ2v) is 4.63. The second kappa shape index (κ2) is 3.61. The number of furan rings is 1. The summed E-state index contributed by atoms with van der Waals surface area (Å²) >= 11 is 0. The number of fused-ring (bicyclic) bond motifs is 3. The monoisotopic (exact) mass is 232 g/mol. The van der Waals surface area contributed by atoms with E-state index in [0.717, 1.165) is 17.6 Å². The maximum atomic E-state index is 5.83. The Balaban J connectivity index is 2.01. The van der Waals surface area contributed by atoms with E-state index in [-0.39, 0.29) is 0 Å². The fraction of sp³-hybridized carbons (Fsp3) is 0.0588. The number of hydrogen-bond donors (Lipinski definition) is 0. The Hall–Kier alpha value is -2.28. The maximum Gasteiger partial charge on any atom is 0.135 e. The molecule has 18 heavy (non-hydrogen) atoms. The highest BCUT2D eigenvalue weighted by Gasteiger charge is 2.09.